The van der Waals surface area contributed by atoms with Crippen molar-refractivity contribution in [1.82, 2.24) is 20.0 Å². The summed E-state index contributed by atoms with van der Waals surface area (Å²) in [5.74, 6) is -0.480. The van der Waals surface area contributed by atoms with Gasteiger partial charge in [-0.05, 0) is 44.1 Å². The molecule has 29 heavy (non-hydrogen) atoms. The second-order valence-electron chi connectivity index (χ2n) is 7.62. The second-order valence-corrected chi connectivity index (χ2v) is 9.78. The number of sulfone groups is 1. The van der Waals surface area contributed by atoms with Crippen LogP contribution in [0.15, 0.2) is 47.3 Å². The first-order chi connectivity index (χ1) is 13.9. The highest BCUT2D eigenvalue weighted by atomic mass is 32.2. The molecule has 2 aliphatic rings. The summed E-state index contributed by atoms with van der Waals surface area (Å²) in [6.07, 6.45) is 3.24. The molecule has 154 valence electrons. The van der Waals surface area contributed by atoms with E-state index in [9.17, 15) is 18.0 Å². The molecule has 2 aromatic rings. The normalized spacial score (nSPS) is 24.3. The maximum Gasteiger partial charge on any atom is 0.272 e. The first-order valence-corrected chi connectivity index (χ1v) is 11.7. The third kappa shape index (κ3) is 4.40. The van der Waals surface area contributed by atoms with Crippen molar-refractivity contribution in [3.63, 3.8) is 0 Å². The van der Waals surface area contributed by atoms with Crippen molar-refractivity contribution < 1.29 is 13.2 Å². The van der Waals surface area contributed by atoms with Crippen LogP contribution in [0, 0.1) is 0 Å². The minimum atomic E-state index is -3.21. The van der Waals surface area contributed by atoms with Crippen LogP contribution in [0.3, 0.4) is 0 Å². The molecule has 1 aromatic heterocycles. The van der Waals surface area contributed by atoms with Crippen LogP contribution >= 0.6 is 0 Å². The number of nitrogens with one attached hydrogen (secondary N) is 1. The number of likely N-dealkylation sites (tertiary alicyclic amines) is 1. The van der Waals surface area contributed by atoms with E-state index in [1.165, 1.54) is 16.8 Å². The maximum atomic E-state index is 12.8. The van der Waals surface area contributed by atoms with E-state index in [1.54, 1.807) is 24.3 Å². The van der Waals surface area contributed by atoms with E-state index in [1.807, 2.05) is 6.07 Å². The zero-order valence-corrected chi connectivity index (χ0v) is 16.8. The van der Waals surface area contributed by atoms with Gasteiger partial charge in [-0.15, -0.1) is 0 Å². The summed E-state index contributed by atoms with van der Waals surface area (Å²) >= 11 is 0. The van der Waals surface area contributed by atoms with Gasteiger partial charge in [0, 0.05) is 12.1 Å². The molecule has 4 rings (SSSR count). The lowest BCUT2D eigenvalue weighted by atomic mass is 10.0. The summed E-state index contributed by atoms with van der Waals surface area (Å²) in [6, 6.07) is 10.8. The highest BCUT2D eigenvalue weighted by Gasteiger charge is 2.42. The van der Waals surface area contributed by atoms with Gasteiger partial charge in [0.2, 0.25) is 0 Å². The largest absolute Gasteiger partial charge is 0.345 e. The van der Waals surface area contributed by atoms with Gasteiger partial charge in [0.15, 0.2) is 9.84 Å². The molecular formula is C20H24N4O4S. The highest BCUT2D eigenvalue weighted by Crippen LogP contribution is 2.22. The van der Waals surface area contributed by atoms with Gasteiger partial charge in [-0.3, -0.25) is 14.5 Å². The lowest BCUT2D eigenvalue weighted by Crippen LogP contribution is -2.52. The molecule has 8 nitrogen and oxygen atoms in total. The summed E-state index contributed by atoms with van der Waals surface area (Å²) in [7, 11) is -3.21. The smallest absolute Gasteiger partial charge is 0.272 e. The number of carbonyl (C=O) groups is 1. The van der Waals surface area contributed by atoms with Crippen molar-refractivity contribution in [3.8, 4) is 5.69 Å². The van der Waals surface area contributed by atoms with Crippen LogP contribution in [-0.4, -0.2) is 65.7 Å². The molecule has 2 aliphatic heterocycles. The van der Waals surface area contributed by atoms with Crippen molar-refractivity contribution in [2.45, 2.75) is 31.3 Å². The average Bonchev–Trinajstić information content (AvgIpc) is 3.03. The predicted molar refractivity (Wildman–Crippen MR) is 109 cm³/mol. The first-order valence-electron chi connectivity index (χ1n) is 9.84. The molecule has 1 aromatic carbocycles. The standard InChI is InChI=1S/C20H24N4O4S/c25-19-10-9-16(22-24(19)15-7-3-1-4-8-15)20(26)21-17-13-29(27,28)14-18(17)23-11-5-2-6-12-23/h1,3-4,7-10,17-18H,2,5-6,11-14H2,(H,21,26). The van der Waals surface area contributed by atoms with Gasteiger partial charge in [0.1, 0.15) is 5.69 Å². The number of amides is 1. The molecule has 2 saturated heterocycles. The Bertz CT molecular complexity index is 1050. The van der Waals surface area contributed by atoms with E-state index in [4.69, 9.17) is 0 Å². The van der Waals surface area contributed by atoms with Crippen molar-refractivity contribution in [3.05, 3.63) is 58.5 Å². The molecule has 1 amide bonds. The molecule has 3 heterocycles. The average molecular weight is 417 g/mol. The fourth-order valence-electron chi connectivity index (χ4n) is 4.11. The monoisotopic (exact) mass is 416 g/mol. The lowest BCUT2D eigenvalue weighted by molar-refractivity contribution is 0.0893. The van der Waals surface area contributed by atoms with Crippen LogP contribution in [0.1, 0.15) is 29.8 Å². The van der Waals surface area contributed by atoms with Gasteiger partial charge in [-0.25, -0.2) is 8.42 Å². The Hall–Kier alpha value is -2.52. The van der Waals surface area contributed by atoms with Crippen molar-refractivity contribution >= 4 is 15.7 Å². The van der Waals surface area contributed by atoms with E-state index in [0.29, 0.717) is 5.69 Å². The second kappa shape index (κ2) is 8.08. The zero-order chi connectivity index (χ0) is 20.4. The molecule has 0 saturated carbocycles. The van der Waals surface area contributed by atoms with Crippen LogP contribution in [0.25, 0.3) is 5.69 Å². The summed E-state index contributed by atoms with van der Waals surface area (Å²) in [5.41, 5.74) is 0.291. The molecular weight excluding hydrogens is 392 g/mol. The van der Waals surface area contributed by atoms with E-state index in [0.717, 1.165) is 32.4 Å². The van der Waals surface area contributed by atoms with Crippen LogP contribution in [-0.2, 0) is 9.84 Å². The number of hydrogen-bond donors (Lipinski definition) is 1. The minimum Gasteiger partial charge on any atom is -0.345 e. The van der Waals surface area contributed by atoms with Crippen LogP contribution in [0.2, 0.25) is 0 Å². The van der Waals surface area contributed by atoms with Crippen LogP contribution in [0.4, 0.5) is 0 Å². The topological polar surface area (TPSA) is 101 Å². The SMILES string of the molecule is O=C(NC1CS(=O)(=O)CC1N1CCCCC1)c1ccc(=O)n(-c2ccccc2)n1. The number of carbonyl (C=O) groups excluding carboxylic acids is 1. The number of nitrogens with zero attached hydrogens (tertiary/aromatic N) is 3. The van der Waals surface area contributed by atoms with Crippen molar-refractivity contribution in [1.29, 1.82) is 0 Å². The molecule has 2 unspecified atom stereocenters. The van der Waals surface area contributed by atoms with E-state index < -0.39 is 21.8 Å². The molecule has 0 radical (unpaired) electrons. The molecule has 1 N–H and O–H groups in total. The lowest BCUT2D eigenvalue weighted by Gasteiger charge is -2.34. The Kier molecular flexibility index (Phi) is 5.51. The zero-order valence-electron chi connectivity index (χ0n) is 16.0. The number of piperidine rings is 1. The summed E-state index contributed by atoms with van der Waals surface area (Å²) in [4.78, 5) is 27.2. The minimum absolute atomic E-state index is 0.0644. The summed E-state index contributed by atoms with van der Waals surface area (Å²) < 4.78 is 25.7. The fourth-order valence-corrected chi connectivity index (χ4v) is 6.06. The van der Waals surface area contributed by atoms with E-state index in [-0.39, 0.29) is 28.8 Å². The van der Waals surface area contributed by atoms with E-state index >= 15 is 0 Å². The molecule has 0 aliphatic carbocycles. The molecule has 0 bridgehead atoms. The highest BCUT2D eigenvalue weighted by molar-refractivity contribution is 7.91. The Morgan fingerprint density at radius 1 is 1.00 bits per heavy atom. The molecule has 9 heteroatoms. The summed E-state index contributed by atoms with van der Waals surface area (Å²) in [6.45, 7) is 1.70. The van der Waals surface area contributed by atoms with Crippen molar-refractivity contribution in [2.24, 2.45) is 0 Å². The Morgan fingerprint density at radius 2 is 1.72 bits per heavy atom. The van der Waals surface area contributed by atoms with E-state index in [2.05, 4.69) is 15.3 Å². The van der Waals surface area contributed by atoms with Gasteiger partial charge in [0.05, 0.1) is 23.2 Å². The third-order valence-electron chi connectivity index (χ3n) is 5.53. The molecule has 2 fully saturated rings. The van der Waals surface area contributed by atoms with Gasteiger partial charge >= 0.3 is 0 Å². The predicted octanol–water partition coefficient (Wildman–Crippen LogP) is 0.614. The van der Waals surface area contributed by atoms with Gasteiger partial charge in [-0.1, -0.05) is 24.6 Å². The number of benzene rings is 1. The number of hydrogen-bond acceptors (Lipinski definition) is 6. The summed E-state index contributed by atoms with van der Waals surface area (Å²) in [5, 5.41) is 7.05. The van der Waals surface area contributed by atoms with Crippen molar-refractivity contribution in [2.75, 3.05) is 24.6 Å². The number of rotatable bonds is 4. The molecule has 0 spiro atoms. The first kappa shape index (κ1) is 19.8. The van der Waals surface area contributed by atoms with Gasteiger partial charge in [-0.2, -0.15) is 9.78 Å². The van der Waals surface area contributed by atoms with Gasteiger partial charge < -0.3 is 5.32 Å². The quantitative estimate of drug-likeness (QED) is 0.784. The van der Waals surface area contributed by atoms with Crippen LogP contribution < -0.4 is 10.9 Å². The number of para-hydroxylation sites is 1. The number of aromatic nitrogens is 2. The maximum absolute atomic E-state index is 12.8. The van der Waals surface area contributed by atoms with Crippen LogP contribution in [0.5, 0.6) is 0 Å². The third-order valence-corrected chi connectivity index (χ3v) is 7.25. The molecule has 2 atom stereocenters. The Balaban J connectivity index is 1.56. The Labute approximate surface area is 169 Å². The fraction of sp³-hybridized carbons (Fsp3) is 0.450. The van der Waals surface area contributed by atoms with Gasteiger partial charge in [0.25, 0.3) is 11.5 Å². The Morgan fingerprint density at radius 3 is 2.45 bits per heavy atom.